The molecule has 0 aromatic carbocycles. The van der Waals surface area contributed by atoms with Crippen LogP contribution in [0.5, 0.6) is 0 Å². The van der Waals surface area contributed by atoms with Crippen LogP contribution in [0.25, 0.3) is 0 Å². The van der Waals surface area contributed by atoms with Crippen molar-refractivity contribution in [3.63, 3.8) is 0 Å². The van der Waals surface area contributed by atoms with Crippen LogP contribution in [0, 0.1) is 0 Å². The van der Waals surface area contributed by atoms with E-state index in [1.807, 2.05) is 0 Å². The lowest BCUT2D eigenvalue weighted by atomic mass is 10.0. The summed E-state index contributed by atoms with van der Waals surface area (Å²) in [4.78, 5) is 11.6. The second-order valence-electron chi connectivity index (χ2n) is 5.21. The van der Waals surface area contributed by atoms with Crippen molar-refractivity contribution in [1.29, 1.82) is 0 Å². The first kappa shape index (κ1) is 16.2. The number of carbonyl (C=O) groups excluding carboxylic acids is 1. The van der Waals surface area contributed by atoms with Gasteiger partial charge < -0.3 is 14.9 Å². The molecule has 0 amide bonds. The van der Waals surface area contributed by atoms with Crippen molar-refractivity contribution in [1.82, 2.24) is 0 Å². The molecule has 4 nitrogen and oxygen atoms in total. The van der Waals surface area contributed by atoms with Crippen LogP contribution in [0.4, 0.5) is 0 Å². The highest BCUT2D eigenvalue weighted by Gasteiger charge is 2.22. The minimum atomic E-state index is -0.821. The van der Waals surface area contributed by atoms with E-state index in [9.17, 15) is 15.0 Å². The Bertz CT molecular complexity index is 288. The Morgan fingerprint density at radius 1 is 1.26 bits per heavy atom. The molecule has 0 aliphatic carbocycles. The average molecular weight is 270 g/mol. The van der Waals surface area contributed by atoms with Gasteiger partial charge in [-0.3, -0.25) is 4.79 Å². The standard InChI is InChI=1S/C15H26O4/c1-2-3-4-5-8-14-13(17)11-10-12(16)7-6-9-15(18)19-14/h10-14,16-17H,2-9H2,1H3. The molecule has 3 unspecified atom stereocenters. The number of carbonyl (C=O) groups is 1. The number of hydrogen-bond acceptors (Lipinski definition) is 4. The predicted octanol–water partition coefficient (Wildman–Crippen LogP) is 2.33. The Hall–Kier alpha value is -0.870. The summed E-state index contributed by atoms with van der Waals surface area (Å²) in [5.74, 6) is -0.276. The summed E-state index contributed by atoms with van der Waals surface area (Å²) in [5, 5.41) is 19.6. The van der Waals surface area contributed by atoms with E-state index in [2.05, 4.69) is 6.92 Å². The average Bonchev–Trinajstić information content (AvgIpc) is 2.39. The van der Waals surface area contributed by atoms with E-state index in [1.165, 1.54) is 0 Å². The molecule has 1 heterocycles. The zero-order valence-corrected chi connectivity index (χ0v) is 11.8. The number of hydrogen-bond donors (Lipinski definition) is 2. The second-order valence-corrected chi connectivity index (χ2v) is 5.21. The van der Waals surface area contributed by atoms with Crippen LogP contribution in [0.3, 0.4) is 0 Å². The lowest BCUT2D eigenvalue weighted by Crippen LogP contribution is -2.31. The van der Waals surface area contributed by atoms with Crippen molar-refractivity contribution >= 4 is 5.97 Å². The Labute approximate surface area is 115 Å². The van der Waals surface area contributed by atoms with Crippen molar-refractivity contribution in [3.05, 3.63) is 12.2 Å². The molecule has 110 valence electrons. The van der Waals surface area contributed by atoms with Crippen LogP contribution in [0.1, 0.15) is 58.3 Å². The maximum absolute atomic E-state index is 11.6. The fraction of sp³-hybridized carbons (Fsp3) is 0.800. The number of aliphatic hydroxyl groups is 2. The third-order valence-electron chi connectivity index (χ3n) is 3.42. The molecule has 19 heavy (non-hydrogen) atoms. The van der Waals surface area contributed by atoms with Gasteiger partial charge in [0.2, 0.25) is 0 Å². The Morgan fingerprint density at radius 2 is 2.05 bits per heavy atom. The third-order valence-corrected chi connectivity index (χ3v) is 3.42. The van der Waals surface area contributed by atoms with Crippen LogP contribution < -0.4 is 0 Å². The van der Waals surface area contributed by atoms with Gasteiger partial charge >= 0.3 is 5.97 Å². The van der Waals surface area contributed by atoms with Crippen LogP contribution in [0.2, 0.25) is 0 Å². The van der Waals surface area contributed by atoms with Gasteiger partial charge in [0.05, 0.1) is 6.10 Å². The van der Waals surface area contributed by atoms with Gasteiger partial charge in [-0.05, 0) is 25.7 Å². The first-order valence-electron chi connectivity index (χ1n) is 7.37. The molecule has 0 radical (unpaired) electrons. The molecule has 2 N–H and O–H groups in total. The molecule has 0 spiro atoms. The predicted molar refractivity (Wildman–Crippen MR) is 73.6 cm³/mol. The molecule has 1 rings (SSSR count). The lowest BCUT2D eigenvalue weighted by molar-refractivity contribution is -0.154. The summed E-state index contributed by atoms with van der Waals surface area (Å²) < 4.78 is 5.33. The SMILES string of the molecule is CCCCCCC1OC(=O)CCCC(O)C=CC1O. The fourth-order valence-electron chi connectivity index (χ4n) is 2.22. The lowest BCUT2D eigenvalue weighted by Gasteiger charge is -2.22. The smallest absolute Gasteiger partial charge is 0.306 e. The van der Waals surface area contributed by atoms with E-state index in [0.29, 0.717) is 25.7 Å². The van der Waals surface area contributed by atoms with Crippen molar-refractivity contribution < 1.29 is 19.7 Å². The maximum atomic E-state index is 11.6. The summed E-state index contributed by atoms with van der Waals surface area (Å²) >= 11 is 0. The molecule has 0 saturated carbocycles. The molecular weight excluding hydrogens is 244 g/mol. The summed E-state index contributed by atoms with van der Waals surface area (Å²) in [5.41, 5.74) is 0. The molecule has 3 atom stereocenters. The summed E-state index contributed by atoms with van der Waals surface area (Å²) in [6.07, 6.45) is 7.73. The van der Waals surface area contributed by atoms with Crippen LogP contribution in [0.15, 0.2) is 12.2 Å². The number of unbranched alkanes of at least 4 members (excludes halogenated alkanes) is 3. The zero-order valence-electron chi connectivity index (χ0n) is 11.8. The third kappa shape index (κ3) is 6.73. The molecule has 0 aromatic heterocycles. The minimum absolute atomic E-state index is 0.276. The first-order chi connectivity index (χ1) is 9.13. The Morgan fingerprint density at radius 3 is 2.79 bits per heavy atom. The number of rotatable bonds is 5. The van der Waals surface area contributed by atoms with Crippen LogP contribution in [-0.4, -0.2) is 34.5 Å². The largest absolute Gasteiger partial charge is 0.459 e. The summed E-state index contributed by atoms with van der Waals surface area (Å²) in [7, 11) is 0. The number of esters is 1. The van der Waals surface area contributed by atoms with Crippen molar-refractivity contribution in [2.45, 2.75) is 76.6 Å². The zero-order chi connectivity index (χ0) is 14.1. The first-order valence-corrected chi connectivity index (χ1v) is 7.37. The molecule has 1 aliphatic rings. The molecule has 4 heteroatoms. The van der Waals surface area contributed by atoms with E-state index < -0.39 is 18.3 Å². The van der Waals surface area contributed by atoms with E-state index in [4.69, 9.17) is 4.74 Å². The van der Waals surface area contributed by atoms with Crippen LogP contribution in [-0.2, 0) is 9.53 Å². The highest BCUT2D eigenvalue weighted by atomic mass is 16.6. The molecule has 1 aliphatic heterocycles. The van der Waals surface area contributed by atoms with Crippen molar-refractivity contribution in [2.24, 2.45) is 0 Å². The van der Waals surface area contributed by atoms with Gasteiger partial charge in [-0.15, -0.1) is 0 Å². The molecule has 0 aromatic rings. The minimum Gasteiger partial charge on any atom is -0.459 e. The fourth-order valence-corrected chi connectivity index (χ4v) is 2.22. The summed E-state index contributed by atoms with van der Waals surface area (Å²) in [6.45, 7) is 2.14. The van der Waals surface area contributed by atoms with Gasteiger partial charge in [-0.25, -0.2) is 0 Å². The Kier molecular flexibility index (Phi) is 7.75. The monoisotopic (exact) mass is 270 g/mol. The quantitative estimate of drug-likeness (QED) is 0.457. The van der Waals surface area contributed by atoms with Gasteiger partial charge in [0.25, 0.3) is 0 Å². The normalized spacial score (nSPS) is 29.0. The van der Waals surface area contributed by atoms with E-state index in [-0.39, 0.29) is 5.97 Å². The maximum Gasteiger partial charge on any atom is 0.306 e. The highest BCUT2D eigenvalue weighted by Crippen LogP contribution is 2.16. The topological polar surface area (TPSA) is 66.8 Å². The summed E-state index contributed by atoms with van der Waals surface area (Å²) in [6, 6.07) is 0. The number of aliphatic hydroxyl groups excluding tert-OH is 2. The van der Waals surface area contributed by atoms with Crippen LogP contribution >= 0.6 is 0 Å². The van der Waals surface area contributed by atoms with Gasteiger partial charge in [0, 0.05) is 6.42 Å². The van der Waals surface area contributed by atoms with Gasteiger partial charge in [-0.1, -0.05) is 38.3 Å². The van der Waals surface area contributed by atoms with Crippen molar-refractivity contribution in [3.8, 4) is 0 Å². The van der Waals surface area contributed by atoms with E-state index in [1.54, 1.807) is 12.2 Å². The second kappa shape index (κ2) is 9.10. The highest BCUT2D eigenvalue weighted by molar-refractivity contribution is 5.69. The van der Waals surface area contributed by atoms with Gasteiger partial charge in [-0.2, -0.15) is 0 Å². The van der Waals surface area contributed by atoms with E-state index in [0.717, 1.165) is 25.7 Å². The Balaban J connectivity index is 2.54. The van der Waals surface area contributed by atoms with Gasteiger partial charge in [0.15, 0.2) is 0 Å². The number of ether oxygens (including phenoxy) is 1. The molecule has 0 fully saturated rings. The molecule has 0 bridgehead atoms. The van der Waals surface area contributed by atoms with Gasteiger partial charge in [0.1, 0.15) is 12.2 Å². The van der Waals surface area contributed by atoms with Crippen molar-refractivity contribution in [2.75, 3.05) is 0 Å². The molecule has 0 saturated heterocycles. The van der Waals surface area contributed by atoms with E-state index >= 15 is 0 Å². The number of cyclic esters (lactones) is 1. The molecular formula is C15H26O4.